The van der Waals surface area contributed by atoms with Crippen LogP contribution in [0.4, 0.5) is 0 Å². The van der Waals surface area contributed by atoms with Gasteiger partial charge in [0, 0.05) is 13.5 Å². The van der Waals surface area contributed by atoms with Crippen LogP contribution in [0.15, 0.2) is 40.9 Å². The number of amides is 1. The molecule has 1 aromatic carbocycles. The maximum atomic E-state index is 12.8. The van der Waals surface area contributed by atoms with Crippen LogP contribution in [-0.2, 0) is 10.3 Å². The third kappa shape index (κ3) is 2.36. The van der Waals surface area contributed by atoms with Crippen molar-refractivity contribution < 1.29 is 9.90 Å². The van der Waals surface area contributed by atoms with E-state index in [4.69, 9.17) is 5.73 Å². The molecule has 5 heteroatoms. The van der Waals surface area contributed by atoms with E-state index in [0.717, 1.165) is 19.3 Å². The third-order valence-electron chi connectivity index (χ3n) is 4.50. The average Bonchev–Trinajstić information content (AvgIpc) is 2.73. The Morgan fingerprint density at radius 2 is 2.23 bits per heavy atom. The van der Waals surface area contributed by atoms with Gasteiger partial charge in [0.05, 0.1) is 0 Å². The number of allylic oxidation sites excluding steroid dienone is 1. The molecule has 2 aliphatic rings. The first kappa shape index (κ1) is 14.6. The predicted octanol–water partition coefficient (Wildman–Crippen LogP) is 2.26. The molecule has 0 saturated carbocycles. The van der Waals surface area contributed by atoms with Gasteiger partial charge in [0.2, 0.25) is 0 Å². The number of rotatable bonds is 3. The lowest BCUT2D eigenvalue weighted by Crippen LogP contribution is -2.40. The standard InChI is InChI=1S/C17H21N3O2/c1-20-15(22)17(19-16(20)18,11-12-6-3-2-4-7-12)13-8-5-9-14(21)10-13/h5-6,8-10,21H,2-4,7,11H2,1H3,(H2,18,19). The van der Waals surface area contributed by atoms with Gasteiger partial charge in [0.25, 0.3) is 5.91 Å². The minimum atomic E-state index is -1.04. The van der Waals surface area contributed by atoms with Crippen LogP contribution in [0, 0.1) is 0 Å². The quantitative estimate of drug-likeness (QED) is 0.840. The summed E-state index contributed by atoms with van der Waals surface area (Å²) in [6, 6.07) is 6.76. The molecule has 22 heavy (non-hydrogen) atoms. The van der Waals surface area contributed by atoms with Crippen LogP contribution in [-0.4, -0.2) is 28.9 Å². The molecular weight excluding hydrogens is 278 g/mol. The summed E-state index contributed by atoms with van der Waals surface area (Å²) in [5.74, 6) is 0.220. The number of carbonyl (C=O) groups is 1. The summed E-state index contributed by atoms with van der Waals surface area (Å²) in [5.41, 5.74) is 6.79. The molecule has 1 aliphatic carbocycles. The normalized spacial score (nSPS) is 25.1. The van der Waals surface area contributed by atoms with Gasteiger partial charge in [-0.2, -0.15) is 0 Å². The number of carbonyl (C=O) groups excluding carboxylic acids is 1. The van der Waals surface area contributed by atoms with Gasteiger partial charge in [-0.05, 0) is 43.4 Å². The lowest BCUT2D eigenvalue weighted by molar-refractivity contribution is -0.130. The number of benzene rings is 1. The van der Waals surface area contributed by atoms with E-state index in [-0.39, 0.29) is 17.6 Å². The van der Waals surface area contributed by atoms with E-state index in [1.807, 2.05) is 6.07 Å². The molecule has 0 fully saturated rings. The van der Waals surface area contributed by atoms with Crippen LogP contribution in [0.2, 0.25) is 0 Å². The molecule has 1 heterocycles. The molecule has 1 aliphatic heterocycles. The van der Waals surface area contributed by atoms with Gasteiger partial charge in [-0.25, -0.2) is 4.99 Å². The number of hydrogen-bond acceptors (Lipinski definition) is 4. The van der Waals surface area contributed by atoms with E-state index in [0.29, 0.717) is 12.0 Å². The molecule has 5 nitrogen and oxygen atoms in total. The molecule has 0 saturated heterocycles. The van der Waals surface area contributed by atoms with E-state index in [1.165, 1.54) is 16.9 Å². The van der Waals surface area contributed by atoms with Gasteiger partial charge < -0.3 is 10.8 Å². The smallest absolute Gasteiger partial charge is 0.262 e. The summed E-state index contributed by atoms with van der Waals surface area (Å²) in [6.07, 6.45) is 7.13. The van der Waals surface area contributed by atoms with Crippen molar-refractivity contribution in [2.45, 2.75) is 37.6 Å². The highest BCUT2D eigenvalue weighted by Crippen LogP contribution is 2.41. The number of aromatic hydroxyl groups is 1. The fourth-order valence-corrected chi connectivity index (χ4v) is 3.26. The number of phenols is 1. The molecule has 0 bridgehead atoms. The molecule has 116 valence electrons. The monoisotopic (exact) mass is 299 g/mol. The Labute approximate surface area is 130 Å². The van der Waals surface area contributed by atoms with E-state index in [1.54, 1.807) is 25.2 Å². The first-order chi connectivity index (χ1) is 10.5. The molecule has 1 atom stereocenters. The third-order valence-corrected chi connectivity index (χ3v) is 4.50. The van der Waals surface area contributed by atoms with Crippen molar-refractivity contribution >= 4 is 11.9 Å². The summed E-state index contributed by atoms with van der Waals surface area (Å²) in [7, 11) is 1.64. The van der Waals surface area contributed by atoms with Crippen LogP contribution in [0.5, 0.6) is 5.75 Å². The van der Waals surface area contributed by atoms with Crippen molar-refractivity contribution in [3.63, 3.8) is 0 Å². The van der Waals surface area contributed by atoms with Gasteiger partial charge in [0.1, 0.15) is 5.75 Å². The SMILES string of the molecule is CN1C(=O)C(CC2=CCCCC2)(c2cccc(O)c2)N=C1N. The van der Waals surface area contributed by atoms with Crippen LogP contribution in [0.1, 0.15) is 37.7 Å². The molecule has 0 aromatic heterocycles. The van der Waals surface area contributed by atoms with Gasteiger partial charge in [-0.1, -0.05) is 23.8 Å². The zero-order chi connectivity index (χ0) is 15.7. The minimum absolute atomic E-state index is 0.130. The molecule has 0 spiro atoms. The number of likely N-dealkylation sites (N-methyl/N-ethyl adjacent to an activating group) is 1. The van der Waals surface area contributed by atoms with Gasteiger partial charge >= 0.3 is 0 Å². The second kappa shape index (κ2) is 5.48. The fraction of sp³-hybridized carbons (Fsp3) is 0.412. The molecule has 3 rings (SSSR count). The van der Waals surface area contributed by atoms with Crippen molar-refractivity contribution in [2.75, 3.05) is 7.05 Å². The Bertz CT molecular complexity index is 666. The maximum absolute atomic E-state index is 12.8. The van der Waals surface area contributed by atoms with E-state index in [9.17, 15) is 9.90 Å². The van der Waals surface area contributed by atoms with Gasteiger partial charge in [0.15, 0.2) is 11.5 Å². The van der Waals surface area contributed by atoms with Crippen molar-refractivity contribution in [3.8, 4) is 5.75 Å². The number of guanidine groups is 1. The Hall–Kier alpha value is -2.30. The molecule has 0 radical (unpaired) electrons. The van der Waals surface area contributed by atoms with Crippen LogP contribution >= 0.6 is 0 Å². The topological polar surface area (TPSA) is 78.9 Å². The molecule has 1 amide bonds. The van der Waals surface area contributed by atoms with Crippen LogP contribution in [0.25, 0.3) is 0 Å². The number of nitrogens with two attached hydrogens (primary N) is 1. The largest absolute Gasteiger partial charge is 0.508 e. The van der Waals surface area contributed by atoms with Crippen LogP contribution < -0.4 is 5.73 Å². The zero-order valence-corrected chi connectivity index (χ0v) is 12.7. The fourth-order valence-electron chi connectivity index (χ4n) is 3.26. The number of nitrogens with zero attached hydrogens (tertiary/aromatic N) is 2. The predicted molar refractivity (Wildman–Crippen MR) is 85.3 cm³/mol. The van der Waals surface area contributed by atoms with Crippen molar-refractivity contribution in [3.05, 3.63) is 41.5 Å². The summed E-state index contributed by atoms with van der Waals surface area (Å²) in [4.78, 5) is 18.7. The molecule has 1 aromatic rings. The minimum Gasteiger partial charge on any atom is -0.508 e. The van der Waals surface area contributed by atoms with Crippen molar-refractivity contribution in [1.82, 2.24) is 4.90 Å². The number of hydrogen-bond donors (Lipinski definition) is 2. The van der Waals surface area contributed by atoms with Crippen molar-refractivity contribution in [2.24, 2.45) is 10.7 Å². The first-order valence-electron chi connectivity index (χ1n) is 7.64. The number of phenolic OH excluding ortho intramolecular Hbond substituents is 1. The first-order valence-corrected chi connectivity index (χ1v) is 7.64. The number of aliphatic imine (C=N–C) groups is 1. The Kier molecular flexibility index (Phi) is 3.64. The Morgan fingerprint density at radius 3 is 2.82 bits per heavy atom. The summed E-state index contributed by atoms with van der Waals surface area (Å²) >= 11 is 0. The van der Waals surface area contributed by atoms with E-state index >= 15 is 0 Å². The maximum Gasteiger partial charge on any atom is 0.262 e. The second-order valence-electron chi connectivity index (χ2n) is 6.03. The summed E-state index contributed by atoms with van der Waals surface area (Å²) < 4.78 is 0. The van der Waals surface area contributed by atoms with E-state index < -0.39 is 5.54 Å². The summed E-state index contributed by atoms with van der Waals surface area (Å²) in [5, 5.41) is 9.79. The summed E-state index contributed by atoms with van der Waals surface area (Å²) in [6.45, 7) is 0. The van der Waals surface area contributed by atoms with Gasteiger partial charge in [-0.15, -0.1) is 0 Å². The zero-order valence-electron chi connectivity index (χ0n) is 12.7. The average molecular weight is 299 g/mol. The Morgan fingerprint density at radius 1 is 1.41 bits per heavy atom. The Balaban J connectivity index is 2.07. The molecular formula is C17H21N3O2. The molecule has 1 unspecified atom stereocenters. The highest BCUT2D eigenvalue weighted by molar-refractivity contribution is 6.07. The lowest BCUT2D eigenvalue weighted by Gasteiger charge is -2.28. The molecule has 3 N–H and O–H groups in total. The second-order valence-corrected chi connectivity index (χ2v) is 6.03. The highest BCUT2D eigenvalue weighted by atomic mass is 16.3. The van der Waals surface area contributed by atoms with Gasteiger partial charge in [-0.3, -0.25) is 9.69 Å². The van der Waals surface area contributed by atoms with Crippen molar-refractivity contribution in [1.29, 1.82) is 0 Å². The van der Waals surface area contributed by atoms with Crippen LogP contribution in [0.3, 0.4) is 0 Å². The lowest BCUT2D eigenvalue weighted by atomic mass is 9.81. The highest BCUT2D eigenvalue weighted by Gasteiger charge is 2.48. The van der Waals surface area contributed by atoms with E-state index in [2.05, 4.69) is 11.1 Å².